The van der Waals surface area contributed by atoms with Crippen molar-refractivity contribution < 1.29 is 14.4 Å². The van der Waals surface area contributed by atoms with Crippen molar-refractivity contribution in [3.05, 3.63) is 29.8 Å². The van der Waals surface area contributed by atoms with Crippen LogP contribution in [-0.2, 0) is 9.63 Å². The van der Waals surface area contributed by atoms with Gasteiger partial charge in [-0.25, -0.2) is 0 Å². The summed E-state index contributed by atoms with van der Waals surface area (Å²) in [6.45, 7) is 7.07. The number of hydrogen-bond acceptors (Lipinski definition) is 4. The van der Waals surface area contributed by atoms with Gasteiger partial charge in [0.25, 0.3) is 5.91 Å². The maximum atomic E-state index is 12.5. The Morgan fingerprint density at radius 2 is 1.95 bits per heavy atom. The molecule has 1 aliphatic rings. The Bertz CT molecular complexity index is 535. The van der Waals surface area contributed by atoms with Crippen molar-refractivity contribution >= 4 is 11.6 Å². The largest absolute Gasteiger partial charge is 0.497 e. The maximum absolute atomic E-state index is 12.5. The third-order valence-corrected chi connectivity index (χ3v) is 3.79. The van der Waals surface area contributed by atoms with Crippen LogP contribution in [-0.4, -0.2) is 42.3 Å². The quantitative estimate of drug-likeness (QED) is 0.837. The van der Waals surface area contributed by atoms with Gasteiger partial charge >= 0.3 is 0 Å². The number of carbonyl (C=O) groups is 1. The highest BCUT2D eigenvalue weighted by Crippen LogP contribution is 2.29. The topological polar surface area (TPSA) is 51.1 Å². The van der Waals surface area contributed by atoms with E-state index in [2.05, 4.69) is 5.16 Å². The highest BCUT2D eigenvalue weighted by Gasteiger charge is 2.44. The van der Waals surface area contributed by atoms with Crippen molar-refractivity contribution in [2.45, 2.75) is 32.8 Å². The lowest BCUT2D eigenvalue weighted by atomic mass is 9.94. The number of nitrogens with zero attached hydrogens (tertiary/aromatic N) is 2. The Hall–Kier alpha value is -2.04. The molecule has 5 heteroatoms. The van der Waals surface area contributed by atoms with Gasteiger partial charge in [-0.1, -0.05) is 5.16 Å². The summed E-state index contributed by atoms with van der Waals surface area (Å²) in [4.78, 5) is 19.8. The first-order valence-electron chi connectivity index (χ1n) is 7.23. The number of oxime groups is 1. The van der Waals surface area contributed by atoms with Crippen LogP contribution in [0.3, 0.4) is 0 Å². The summed E-state index contributed by atoms with van der Waals surface area (Å²) in [5.41, 5.74) is 0.842. The summed E-state index contributed by atoms with van der Waals surface area (Å²) in [6, 6.07) is 7.60. The highest BCUT2D eigenvalue weighted by molar-refractivity contribution is 6.05. The normalized spacial score (nSPS) is 20.7. The van der Waals surface area contributed by atoms with Crippen LogP contribution >= 0.6 is 0 Å². The van der Waals surface area contributed by atoms with Crippen LogP contribution in [0.1, 0.15) is 32.8 Å². The number of amides is 1. The number of hydrogen-bond donors (Lipinski definition) is 0. The minimum absolute atomic E-state index is 0.0141. The molecule has 0 fully saturated rings. The highest BCUT2D eigenvalue weighted by atomic mass is 16.7. The number of carbonyl (C=O) groups excluding carboxylic acids is 1. The van der Waals surface area contributed by atoms with E-state index in [4.69, 9.17) is 9.57 Å². The molecule has 0 radical (unpaired) electrons. The second-order valence-corrected chi connectivity index (χ2v) is 5.24. The standard InChI is InChI=1S/C16H22N2O3/c1-5-18(6-2)15(19)16(3)11-14(17-21-16)12-7-9-13(20-4)10-8-12/h7-10H,5-6,11H2,1-4H3. The fourth-order valence-electron chi connectivity index (χ4n) is 2.44. The first-order chi connectivity index (χ1) is 10.0. The van der Waals surface area contributed by atoms with E-state index in [-0.39, 0.29) is 5.91 Å². The van der Waals surface area contributed by atoms with Crippen LogP contribution < -0.4 is 4.74 Å². The van der Waals surface area contributed by atoms with E-state index in [1.54, 1.807) is 18.9 Å². The predicted octanol–water partition coefficient (Wildman–Crippen LogP) is 2.45. The molecule has 0 saturated carbocycles. The van der Waals surface area contributed by atoms with Crippen LogP contribution in [0.4, 0.5) is 0 Å². The van der Waals surface area contributed by atoms with Crippen LogP contribution in [0.5, 0.6) is 5.75 Å². The number of benzene rings is 1. The van der Waals surface area contributed by atoms with E-state index in [0.29, 0.717) is 19.5 Å². The molecule has 0 spiro atoms. The summed E-state index contributed by atoms with van der Waals surface area (Å²) >= 11 is 0. The summed E-state index contributed by atoms with van der Waals surface area (Å²) in [5, 5.41) is 4.12. The molecule has 1 unspecified atom stereocenters. The number of rotatable bonds is 5. The van der Waals surface area contributed by atoms with E-state index >= 15 is 0 Å². The predicted molar refractivity (Wildman–Crippen MR) is 81.6 cm³/mol. The van der Waals surface area contributed by atoms with E-state index in [9.17, 15) is 4.79 Å². The van der Waals surface area contributed by atoms with Crippen molar-refractivity contribution in [2.24, 2.45) is 5.16 Å². The van der Waals surface area contributed by atoms with Crippen LogP contribution in [0.25, 0.3) is 0 Å². The molecule has 1 aromatic rings. The van der Waals surface area contributed by atoms with E-state index in [1.807, 2.05) is 38.1 Å². The summed E-state index contributed by atoms with van der Waals surface area (Å²) in [5.74, 6) is 0.778. The summed E-state index contributed by atoms with van der Waals surface area (Å²) in [6.07, 6.45) is 0.481. The first-order valence-corrected chi connectivity index (χ1v) is 7.23. The van der Waals surface area contributed by atoms with Crippen LogP contribution in [0, 0.1) is 0 Å². The molecule has 0 N–H and O–H groups in total. The molecule has 0 aromatic heterocycles. The third kappa shape index (κ3) is 3.01. The Kier molecular flexibility index (Phi) is 4.50. The zero-order valence-corrected chi connectivity index (χ0v) is 13.0. The number of likely N-dealkylation sites (N-methyl/N-ethyl adjacent to an activating group) is 1. The van der Waals surface area contributed by atoms with Gasteiger partial charge in [0.05, 0.1) is 12.8 Å². The van der Waals surface area contributed by atoms with Crippen LogP contribution in [0.2, 0.25) is 0 Å². The molecule has 2 rings (SSSR count). The molecule has 1 aromatic carbocycles. The zero-order valence-electron chi connectivity index (χ0n) is 13.0. The number of methoxy groups -OCH3 is 1. The van der Waals surface area contributed by atoms with Gasteiger partial charge in [0.2, 0.25) is 5.60 Å². The molecule has 21 heavy (non-hydrogen) atoms. The van der Waals surface area contributed by atoms with E-state index in [1.165, 1.54) is 0 Å². The van der Waals surface area contributed by atoms with Gasteiger partial charge < -0.3 is 14.5 Å². The summed E-state index contributed by atoms with van der Waals surface area (Å²) in [7, 11) is 1.63. The molecule has 1 aliphatic heterocycles. The monoisotopic (exact) mass is 290 g/mol. The van der Waals surface area contributed by atoms with Gasteiger partial charge in [0.1, 0.15) is 5.75 Å². The Labute approximate surface area is 125 Å². The minimum atomic E-state index is -0.902. The third-order valence-electron chi connectivity index (χ3n) is 3.79. The van der Waals surface area contributed by atoms with Crippen molar-refractivity contribution in [3.8, 4) is 5.75 Å². The molecule has 0 saturated heterocycles. The second-order valence-electron chi connectivity index (χ2n) is 5.24. The molecular formula is C16H22N2O3. The Morgan fingerprint density at radius 3 is 2.48 bits per heavy atom. The molecule has 114 valence electrons. The van der Waals surface area contributed by atoms with Gasteiger partial charge in [0, 0.05) is 19.5 Å². The van der Waals surface area contributed by atoms with Crippen molar-refractivity contribution in [1.29, 1.82) is 0 Å². The Balaban J connectivity index is 2.12. The van der Waals surface area contributed by atoms with Gasteiger partial charge in [-0.15, -0.1) is 0 Å². The van der Waals surface area contributed by atoms with Crippen molar-refractivity contribution in [1.82, 2.24) is 4.90 Å². The molecule has 1 atom stereocenters. The smallest absolute Gasteiger partial charge is 0.269 e. The van der Waals surface area contributed by atoms with Gasteiger partial charge in [-0.3, -0.25) is 4.79 Å². The first kappa shape index (κ1) is 15.4. The van der Waals surface area contributed by atoms with Crippen molar-refractivity contribution in [3.63, 3.8) is 0 Å². The average Bonchev–Trinajstić information content (AvgIpc) is 2.92. The Morgan fingerprint density at radius 1 is 1.33 bits per heavy atom. The van der Waals surface area contributed by atoms with Crippen LogP contribution in [0.15, 0.2) is 29.4 Å². The fourth-order valence-corrected chi connectivity index (χ4v) is 2.44. The lowest BCUT2D eigenvalue weighted by Gasteiger charge is -2.28. The lowest BCUT2D eigenvalue weighted by molar-refractivity contribution is -0.152. The summed E-state index contributed by atoms with van der Waals surface area (Å²) < 4.78 is 5.14. The fraction of sp³-hybridized carbons (Fsp3) is 0.500. The molecule has 1 amide bonds. The lowest BCUT2D eigenvalue weighted by Crippen LogP contribution is -2.47. The second kappa shape index (κ2) is 6.16. The van der Waals surface area contributed by atoms with Gasteiger partial charge in [-0.2, -0.15) is 0 Å². The SMILES string of the molecule is CCN(CC)C(=O)C1(C)CC(c2ccc(OC)cc2)=NO1. The molecule has 5 nitrogen and oxygen atoms in total. The molecule has 1 heterocycles. The molecule has 0 bridgehead atoms. The minimum Gasteiger partial charge on any atom is -0.497 e. The maximum Gasteiger partial charge on any atom is 0.269 e. The van der Waals surface area contributed by atoms with E-state index in [0.717, 1.165) is 17.0 Å². The molecular weight excluding hydrogens is 268 g/mol. The van der Waals surface area contributed by atoms with Gasteiger partial charge in [-0.05, 0) is 50.6 Å². The van der Waals surface area contributed by atoms with Crippen molar-refractivity contribution in [2.75, 3.05) is 20.2 Å². The zero-order chi connectivity index (χ0) is 15.5. The van der Waals surface area contributed by atoms with E-state index < -0.39 is 5.60 Å². The number of ether oxygens (including phenoxy) is 1. The molecule has 0 aliphatic carbocycles. The van der Waals surface area contributed by atoms with Gasteiger partial charge in [0.15, 0.2) is 0 Å². The average molecular weight is 290 g/mol.